The lowest BCUT2D eigenvalue weighted by atomic mass is 10.1. The van der Waals surface area contributed by atoms with E-state index in [1.165, 1.54) is 11.8 Å². The zero-order valence-corrected chi connectivity index (χ0v) is 25.1. The van der Waals surface area contributed by atoms with Crippen molar-refractivity contribution in [3.05, 3.63) is 69.8 Å². The smallest absolute Gasteiger partial charge is 0.408 e. The molecule has 0 aliphatic heterocycles. The van der Waals surface area contributed by atoms with Gasteiger partial charge in [-0.1, -0.05) is 53.6 Å². The van der Waals surface area contributed by atoms with Crippen molar-refractivity contribution in [2.75, 3.05) is 0 Å². The Morgan fingerprint density at radius 1 is 0.857 bits per heavy atom. The quantitative estimate of drug-likeness (QED) is 0.165. The first-order chi connectivity index (χ1) is 19.2. The lowest BCUT2D eigenvalue weighted by Gasteiger charge is -2.22. The summed E-state index contributed by atoms with van der Waals surface area (Å²) in [6.45, 7) is 11.0. The van der Waals surface area contributed by atoms with Gasteiger partial charge in [-0.3, -0.25) is 0 Å². The molecule has 10 nitrogen and oxygen atoms in total. The number of ether oxygens (including phenoxy) is 2. The van der Waals surface area contributed by atoms with Crippen LogP contribution in [0.15, 0.2) is 46.7 Å². The molecular weight excluding hydrogens is 560 g/mol. The molecule has 2 atom stereocenters. The number of oxime groups is 2. The molecule has 11 heteroatoms. The van der Waals surface area contributed by atoms with E-state index in [4.69, 9.17) is 31.5 Å². The van der Waals surface area contributed by atoms with Crippen LogP contribution in [0.4, 0.5) is 9.59 Å². The van der Waals surface area contributed by atoms with Crippen LogP contribution in [0.1, 0.15) is 107 Å². The van der Waals surface area contributed by atoms with Gasteiger partial charge in [0.1, 0.15) is 11.2 Å². The van der Waals surface area contributed by atoms with Crippen LogP contribution in [0.2, 0.25) is 0 Å². The monoisotopic (exact) mass is 602 g/mol. The molecule has 0 bridgehead atoms. The van der Waals surface area contributed by atoms with Crippen LogP contribution >= 0.6 is 11.6 Å². The van der Waals surface area contributed by atoms with Crippen molar-refractivity contribution in [1.29, 1.82) is 0 Å². The Morgan fingerprint density at radius 2 is 1.33 bits per heavy atom. The number of carbonyl (C=O) groups excluding carboxylic acids is 2. The maximum Gasteiger partial charge on any atom is 0.408 e. The standard InChI is InChI=1S/C15H19ClN2O3.C15H20N2O3.CH4/c1-15(2,3)21-14(19)17-12-7-5-9-8-10(13(16)18-20)4-6-11(9)12;1-15(2,3)20-14(18)17-13-7-5-11-8-10(9-16-19)4-6-12(11)13;/h4,6,8,12,20H,5,7H2,1-3H3,(H,17,19);4,6,8-9,13,19H,5,7H2,1-3H3,(H,17,18);1H4/b18-13-;16-9+;/t12-;13-;/m11./s1. The Balaban J connectivity index is 0.000000287. The minimum Gasteiger partial charge on any atom is -0.444 e. The number of halogens is 1. The third kappa shape index (κ3) is 9.94. The second-order valence-corrected chi connectivity index (χ2v) is 12.3. The molecule has 2 aromatic rings. The van der Waals surface area contributed by atoms with E-state index in [0.717, 1.165) is 47.9 Å². The van der Waals surface area contributed by atoms with E-state index in [9.17, 15) is 9.59 Å². The van der Waals surface area contributed by atoms with E-state index >= 15 is 0 Å². The van der Waals surface area contributed by atoms with Crippen LogP contribution in [0.3, 0.4) is 0 Å². The maximum atomic E-state index is 11.8. The molecule has 42 heavy (non-hydrogen) atoms. The van der Waals surface area contributed by atoms with Gasteiger partial charge in [-0.25, -0.2) is 9.59 Å². The normalized spacial score (nSPS) is 17.7. The van der Waals surface area contributed by atoms with Crippen molar-refractivity contribution in [1.82, 2.24) is 10.6 Å². The molecule has 0 saturated carbocycles. The van der Waals surface area contributed by atoms with Gasteiger partial charge in [-0.2, -0.15) is 0 Å². The summed E-state index contributed by atoms with van der Waals surface area (Å²) in [5, 5.41) is 29.1. The van der Waals surface area contributed by atoms with Crippen molar-refractivity contribution in [2.24, 2.45) is 10.3 Å². The van der Waals surface area contributed by atoms with Crippen LogP contribution in [0.5, 0.6) is 0 Å². The molecule has 0 aromatic heterocycles. The van der Waals surface area contributed by atoms with Crippen LogP contribution in [-0.2, 0) is 22.3 Å². The molecule has 2 amide bonds. The number of carbonyl (C=O) groups is 2. The molecule has 2 aliphatic rings. The Morgan fingerprint density at radius 3 is 1.79 bits per heavy atom. The van der Waals surface area contributed by atoms with Gasteiger partial charge in [-0.15, -0.1) is 0 Å². The number of nitrogens with one attached hydrogen (secondary N) is 2. The van der Waals surface area contributed by atoms with Gasteiger partial charge in [0.15, 0.2) is 5.17 Å². The summed E-state index contributed by atoms with van der Waals surface area (Å²) in [5.74, 6) is 0. The Bertz CT molecular complexity index is 1310. The van der Waals surface area contributed by atoms with Gasteiger partial charge in [0, 0.05) is 5.56 Å². The topological polar surface area (TPSA) is 142 Å². The first-order valence-corrected chi connectivity index (χ1v) is 13.9. The summed E-state index contributed by atoms with van der Waals surface area (Å²) in [6.07, 6.45) is 3.98. The minimum absolute atomic E-state index is 0. The molecule has 0 saturated heterocycles. The van der Waals surface area contributed by atoms with Crippen molar-refractivity contribution in [2.45, 2.75) is 97.9 Å². The van der Waals surface area contributed by atoms with E-state index in [2.05, 4.69) is 20.9 Å². The first kappa shape index (κ1) is 34.4. The molecule has 0 spiro atoms. The van der Waals surface area contributed by atoms with Crippen LogP contribution < -0.4 is 10.6 Å². The second kappa shape index (κ2) is 14.4. The van der Waals surface area contributed by atoms with Gasteiger partial charge < -0.3 is 30.5 Å². The number of nitrogens with zero attached hydrogens (tertiary/aromatic N) is 2. The van der Waals surface area contributed by atoms with E-state index in [1.54, 1.807) is 6.07 Å². The summed E-state index contributed by atoms with van der Waals surface area (Å²) in [5.41, 5.74) is 4.92. The number of hydrogen-bond acceptors (Lipinski definition) is 8. The predicted octanol–water partition coefficient (Wildman–Crippen LogP) is 7.22. The van der Waals surface area contributed by atoms with E-state index < -0.39 is 23.4 Å². The molecule has 0 fully saturated rings. The fourth-order valence-corrected chi connectivity index (χ4v) is 4.91. The van der Waals surface area contributed by atoms with Gasteiger partial charge in [0.05, 0.1) is 18.3 Å². The fourth-order valence-electron chi connectivity index (χ4n) is 4.79. The zero-order valence-electron chi connectivity index (χ0n) is 24.3. The summed E-state index contributed by atoms with van der Waals surface area (Å²) >= 11 is 5.80. The van der Waals surface area contributed by atoms with E-state index in [1.807, 2.05) is 71.9 Å². The van der Waals surface area contributed by atoms with Crippen molar-refractivity contribution >= 4 is 35.2 Å². The highest BCUT2D eigenvalue weighted by Crippen LogP contribution is 2.33. The third-order valence-electron chi connectivity index (χ3n) is 6.38. The third-order valence-corrected chi connectivity index (χ3v) is 6.67. The average molecular weight is 603 g/mol. The number of rotatable bonds is 4. The number of aryl methyl sites for hydroxylation is 2. The predicted molar refractivity (Wildman–Crippen MR) is 164 cm³/mol. The molecule has 4 rings (SSSR count). The molecular formula is C31H43ClN4O6. The van der Waals surface area contributed by atoms with Gasteiger partial charge in [0.25, 0.3) is 0 Å². The van der Waals surface area contributed by atoms with Crippen molar-refractivity contribution in [3.63, 3.8) is 0 Å². The zero-order chi connectivity index (χ0) is 30.4. The highest BCUT2D eigenvalue weighted by Gasteiger charge is 2.28. The Kier molecular flexibility index (Phi) is 11.8. The first-order valence-electron chi connectivity index (χ1n) is 13.5. The van der Waals surface area contributed by atoms with Crippen molar-refractivity contribution in [3.8, 4) is 0 Å². The van der Waals surface area contributed by atoms with Crippen LogP contribution in [0, 0.1) is 0 Å². The van der Waals surface area contributed by atoms with Gasteiger partial charge in [-0.05, 0) is 107 Å². The highest BCUT2D eigenvalue weighted by molar-refractivity contribution is 6.69. The molecule has 0 heterocycles. The molecule has 4 N–H and O–H groups in total. The lowest BCUT2D eigenvalue weighted by molar-refractivity contribution is 0.0492. The summed E-state index contributed by atoms with van der Waals surface area (Å²) in [4.78, 5) is 23.6. The van der Waals surface area contributed by atoms with Crippen molar-refractivity contribution < 1.29 is 29.5 Å². The molecule has 230 valence electrons. The van der Waals surface area contributed by atoms with Gasteiger partial charge >= 0.3 is 12.2 Å². The largest absolute Gasteiger partial charge is 0.444 e. The number of amides is 2. The number of alkyl carbamates (subject to hydrolysis) is 2. The number of hydrogen-bond donors (Lipinski definition) is 4. The highest BCUT2D eigenvalue weighted by atomic mass is 35.5. The fraction of sp³-hybridized carbons (Fsp3) is 0.484. The maximum absolute atomic E-state index is 11.8. The lowest BCUT2D eigenvalue weighted by Crippen LogP contribution is -2.34. The van der Waals surface area contributed by atoms with E-state index in [-0.39, 0.29) is 24.7 Å². The summed E-state index contributed by atoms with van der Waals surface area (Å²) < 4.78 is 10.5. The Labute approximate surface area is 253 Å². The molecule has 2 aromatic carbocycles. The summed E-state index contributed by atoms with van der Waals surface area (Å²) in [6, 6.07) is 11.3. The molecule has 0 radical (unpaired) electrons. The number of benzene rings is 2. The Hall–Kier alpha value is -3.79. The van der Waals surface area contributed by atoms with Crippen LogP contribution in [-0.4, -0.2) is 45.2 Å². The number of fused-ring (bicyclic) bond motifs is 2. The van der Waals surface area contributed by atoms with E-state index in [0.29, 0.717) is 5.56 Å². The van der Waals surface area contributed by atoms with Crippen LogP contribution in [0.25, 0.3) is 0 Å². The second-order valence-electron chi connectivity index (χ2n) is 12.0. The SMILES string of the molecule is C.CC(C)(C)OC(=O)N[C@@H]1CCc2cc(/C(Cl)=N/O)ccc21.CC(C)(C)OC(=O)N[C@@H]1CCc2cc(/C=N/O)ccc21. The molecule has 2 aliphatic carbocycles. The van der Waals surface area contributed by atoms with Gasteiger partial charge in [0.2, 0.25) is 0 Å². The summed E-state index contributed by atoms with van der Waals surface area (Å²) in [7, 11) is 0. The minimum atomic E-state index is -0.513. The molecule has 0 unspecified atom stereocenters. The average Bonchev–Trinajstić information content (AvgIpc) is 3.45.